The molecule has 2 atom stereocenters. The molecule has 6 heteroatoms. The smallest absolute Gasteiger partial charge is 0.275 e. The number of allylic oxidation sites excluding steroid dienone is 5. The zero-order chi connectivity index (χ0) is 18.5. The van der Waals surface area contributed by atoms with Crippen LogP contribution in [0.15, 0.2) is 35.6 Å². The monoisotopic (exact) mass is 349 g/mol. The van der Waals surface area contributed by atoms with E-state index in [1.165, 1.54) is 11.1 Å². The van der Waals surface area contributed by atoms with Crippen molar-refractivity contribution in [3.05, 3.63) is 35.6 Å². The highest BCUT2D eigenvalue weighted by atomic mass is 16.5. The molecule has 140 valence electrons. The van der Waals surface area contributed by atoms with E-state index in [2.05, 4.69) is 36.1 Å². The quantitative estimate of drug-likeness (QED) is 0.339. The molecule has 0 radical (unpaired) electrons. The molecule has 3 N–H and O–H groups in total. The van der Waals surface area contributed by atoms with E-state index in [1.54, 1.807) is 6.26 Å². The Morgan fingerprint density at radius 2 is 2.24 bits per heavy atom. The van der Waals surface area contributed by atoms with Crippen molar-refractivity contribution in [1.29, 1.82) is 0 Å². The minimum atomic E-state index is -0.529. The van der Waals surface area contributed by atoms with Gasteiger partial charge in [-0.1, -0.05) is 31.6 Å². The summed E-state index contributed by atoms with van der Waals surface area (Å²) < 4.78 is 5.60. The predicted molar refractivity (Wildman–Crippen MR) is 99.4 cm³/mol. The minimum absolute atomic E-state index is 0.113. The van der Waals surface area contributed by atoms with Gasteiger partial charge in [0, 0.05) is 12.6 Å². The van der Waals surface area contributed by atoms with Crippen LogP contribution in [0, 0.1) is 0 Å². The second-order valence-corrected chi connectivity index (χ2v) is 6.17. The van der Waals surface area contributed by atoms with E-state index in [4.69, 9.17) is 4.74 Å². The van der Waals surface area contributed by atoms with Crippen LogP contribution in [-0.2, 0) is 14.3 Å². The Morgan fingerprint density at radius 3 is 2.92 bits per heavy atom. The summed E-state index contributed by atoms with van der Waals surface area (Å²) in [6.07, 6.45) is 11.8. The third-order valence-electron chi connectivity index (χ3n) is 4.19. The number of ether oxygens (including phenoxy) is 1. The molecule has 1 rings (SSSR count). The van der Waals surface area contributed by atoms with Crippen LogP contribution in [0.1, 0.15) is 52.9 Å². The molecule has 0 aromatic rings. The van der Waals surface area contributed by atoms with Gasteiger partial charge in [0.1, 0.15) is 0 Å². The van der Waals surface area contributed by atoms with Gasteiger partial charge in [-0.3, -0.25) is 15.0 Å². The summed E-state index contributed by atoms with van der Waals surface area (Å²) in [4.78, 5) is 22.8. The van der Waals surface area contributed by atoms with Crippen molar-refractivity contribution in [2.24, 2.45) is 0 Å². The fourth-order valence-corrected chi connectivity index (χ4v) is 2.56. The number of carbonyl (C=O) groups excluding carboxylic acids is 2. The van der Waals surface area contributed by atoms with Gasteiger partial charge in [0.25, 0.3) is 5.91 Å². The summed E-state index contributed by atoms with van der Waals surface area (Å²) in [5, 5.41) is 2.75. The summed E-state index contributed by atoms with van der Waals surface area (Å²) in [5.74, 6) is -0.186. The van der Waals surface area contributed by atoms with Crippen LogP contribution in [0.4, 0.5) is 0 Å². The summed E-state index contributed by atoms with van der Waals surface area (Å²) in [6, 6.07) is 0.113. The molecular formula is C19H31N3O3. The Kier molecular flexibility index (Phi) is 10.3. The van der Waals surface area contributed by atoms with Crippen molar-refractivity contribution < 1.29 is 14.3 Å². The SMILES string of the molecule is CCC1=C/C=C/OC(C(=O)NNCCC(CC)NC=O)CC\C(C)=C\1. The highest BCUT2D eigenvalue weighted by Crippen LogP contribution is 2.16. The van der Waals surface area contributed by atoms with Crippen LogP contribution >= 0.6 is 0 Å². The van der Waals surface area contributed by atoms with E-state index in [1.807, 2.05) is 19.1 Å². The van der Waals surface area contributed by atoms with Gasteiger partial charge in [-0.2, -0.15) is 0 Å². The van der Waals surface area contributed by atoms with Crippen LogP contribution in [0.25, 0.3) is 0 Å². The summed E-state index contributed by atoms with van der Waals surface area (Å²) in [6.45, 7) is 6.78. The van der Waals surface area contributed by atoms with Gasteiger partial charge in [0.05, 0.1) is 6.26 Å². The lowest BCUT2D eigenvalue weighted by Gasteiger charge is -2.19. The van der Waals surface area contributed by atoms with Crippen LogP contribution < -0.4 is 16.2 Å². The Balaban J connectivity index is 2.47. The standard InChI is InChI=1S/C19H31N3O3/c1-4-16-7-6-12-25-18(9-8-15(3)13-16)19(24)22-21-11-10-17(5-2)20-14-23/h6-7,12-14,17-18,21H,4-5,8-11H2,1-3H3,(H,20,23)(H,22,24)/b12-6+,15-13+,16-7-. The van der Waals surface area contributed by atoms with Crippen molar-refractivity contribution in [1.82, 2.24) is 16.2 Å². The molecule has 1 aliphatic rings. The van der Waals surface area contributed by atoms with Gasteiger partial charge in [0.15, 0.2) is 6.10 Å². The van der Waals surface area contributed by atoms with Gasteiger partial charge < -0.3 is 10.1 Å². The molecule has 0 aliphatic carbocycles. The summed E-state index contributed by atoms with van der Waals surface area (Å²) in [5.41, 5.74) is 8.09. The molecule has 0 spiro atoms. The van der Waals surface area contributed by atoms with Gasteiger partial charge in [-0.05, 0) is 50.7 Å². The van der Waals surface area contributed by atoms with Crippen molar-refractivity contribution >= 4 is 12.3 Å². The van der Waals surface area contributed by atoms with Crippen LogP contribution in [0.5, 0.6) is 0 Å². The average molecular weight is 349 g/mol. The molecule has 0 bridgehead atoms. The molecule has 0 saturated heterocycles. The first kappa shape index (κ1) is 21.0. The van der Waals surface area contributed by atoms with E-state index in [9.17, 15) is 9.59 Å². The lowest BCUT2D eigenvalue weighted by molar-refractivity contribution is -0.131. The molecule has 0 saturated carbocycles. The largest absolute Gasteiger partial charge is 0.488 e. The second-order valence-electron chi connectivity index (χ2n) is 6.17. The maximum atomic E-state index is 12.3. The van der Waals surface area contributed by atoms with Crippen LogP contribution in [-0.4, -0.2) is 31.0 Å². The maximum absolute atomic E-state index is 12.3. The normalized spacial score (nSPS) is 24.5. The number of rotatable bonds is 9. The fraction of sp³-hybridized carbons (Fsp3) is 0.579. The summed E-state index contributed by atoms with van der Waals surface area (Å²) >= 11 is 0. The first-order valence-corrected chi connectivity index (χ1v) is 9.01. The van der Waals surface area contributed by atoms with Gasteiger partial charge in [0.2, 0.25) is 6.41 Å². The number of carbonyl (C=O) groups is 2. The molecule has 1 aliphatic heterocycles. The number of hydrogen-bond acceptors (Lipinski definition) is 4. The molecule has 0 aromatic carbocycles. The van der Waals surface area contributed by atoms with Crippen LogP contribution in [0.3, 0.4) is 0 Å². The molecule has 2 amide bonds. The van der Waals surface area contributed by atoms with Crippen molar-refractivity contribution in [3.8, 4) is 0 Å². The van der Waals surface area contributed by atoms with Crippen LogP contribution in [0.2, 0.25) is 0 Å². The molecule has 1 heterocycles. The topological polar surface area (TPSA) is 79.5 Å². The number of amides is 2. The molecule has 0 fully saturated rings. The average Bonchev–Trinajstić information content (AvgIpc) is 2.62. The predicted octanol–water partition coefficient (Wildman–Crippen LogP) is 2.50. The van der Waals surface area contributed by atoms with E-state index in [-0.39, 0.29) is 11.9 Å². The van der Waals surface area contributed by atoms with Crippen molar-refractivity contribution in [2.75, 3.05) is 6.54 Å². The van der Waals surface area contributed by atoms with E-state index in [0.717, 1.165) is 25.7 Å². The Morgan fingerprint density at radius 1 is 1.44 bits per heavy atom. The molecule has 0 aromatic heterocycles. The molecule has 2 unspecified atom stereocenters. The Hall–Kier alpha value is -2.08. The first-order chi connectivity index (χ1) is 12.1. The third-order valence-corrected chi connectivity index (χ3v) is 4.19. The van der Waals surface area contributed by atoms with Gasteiger partial charge >= 0.3 is 0 Å². The zero-order valence-electron chi connectivity index (χ0n) is 15.5. The van der Waals surface area contributed by atoms with Crippen molar-refractivity contribution in [3.63, 3.8) is 0 Å². The van der Waals surface area contributed by atoms with Crippen molar-refractivity contribution in [2.45, 2.75) is 65.0 Å². The Labute approximate surface area is 150 Å². The lowest BCUT2D eigenvalue weighted by Crippen LogP contribution is -2.45. The zero-order valence-corrected chi connectivity index (χ0v) is 15.5. The number of nitrogens with one attached hydrogen (secondary N) is 3. The van der Waals surface area contributed by atoms with Gasteiger partial charge in [-0.25, -0.2) is 5.43 Å². The van der Waals surface area contributed by atoms with E-state index in [0.29, 0.717) is 19.4 Å². The van der Waals surface area contributed by atoms with E-state index < -0.39 is 6.10 Å². The lowest BCUT2D eigenvalue weighted by atomic mass is 10.0. The molecule has 6 nitrogen and oxygen atoms in total. The maximum Gasteiger partial charge on any atom is 0.275 e. The second kappa shape index (κ2) is 12.3. The minimum Gasteiger partial charge on any atom is -0.488 e. The molecular weight excluding hydrogens is 318 g/mol. The highest BCUT2D eigenvalue weighted by molar-refractivity contribution is 5.80. The fourth-order valence-electron chi connectivity index (χ4n) is 2.56. The van der Waals surface area contributed by atoms with E-state index >= 15 is 0 Å². The molecule has 25 heavy (non-hydrogen) atoms. The number of hydrogen-bond donors (Lipinski definition) is 3. The third kappa shape index (κ3) is 8.54. The highest BCUT2D eigenvalue weighted by Gasteiger charge is 2.19. The first-order valence-electron chi connectivity index (χ1n) is 9.01. The van der Waals surface area contributed by atoms with Gasteiger partial charge in [-0.15, -0.1) is 0 Å². The number of hydrazine groups is 1. The Bertz CT molecular complexity index is 509. The summed E-state index contributed by atoms with van der Waals surface area (Å²) in [7, 11) is 0.